The van der Waals surface area contributed by atoms with Gasteiger partial charge in [0, 0.05) is 25.0 Å². The van der Waals surface area contributed by atoms with Crippen LogP contribution >= 0.6 is 15.9 Å². The second kappa shape index (κ2) is 6.24. The van der Waals surface area contributed by atoms with Crippen LogP contribution in [0.15, 0.2) is 24.3 Å². The van der Waals surface area contributed by atoms with Crippen molar-refractivity contribution < 1.29 is 17.9 Å². The van der Waals surface area contributed by atoms with Crippen molar-refractivity contribution in [2.75, 3.05) is 25.0 Å². The molecule has 0 radical (unpaired) electrons. The molecule has 1 unspecified atom stereocenters. The van der Waals surface area contributed by atoms with Crippen LogP contribution in [0.1, 0.15) is 11.1 Å². The zero-order valence-electron chi connectivity index (χ0n) is 10.3. The lowest BCUT2D eigenvalue weighted by Crippen LogP contribution is -2.42. The van der Waals surface area contributed by atoms with Crippen molar-refractivity contribution in [1.29, 1.82) is 0 Å². The average Bonchev–Trinajstić information content (AvgIpc) is 2.38. The SMILES string of the molecule is FC(F)(F)c1ccc(CN2CCOC(CBr)C2)cc1. The molecule has 1 aliphatic rings. The van der Waals surface area contributed by atoms with Gasteiger partial charge in [-0.3, -0.25) is 4.90 Å². The molecule has 1 saturated heterocycles. The molecule has 0 aliphatic carbocycles. The molecule has 1 heterocycles. The Hall–Kier alpha value is -0.590. The Morgan fingerprint density at radius 3 is 2.53 bits per heavy atom. The van der Waals surface area contributed by atoms with E-state index in [1.807, 2.05) is 0 Å². The van der Waals surface area contributed by atoms with Crippen molar-refractivity contribution in [2.45, 2.75) is 18.8 Å². The summed E-state index contributed by atoms with van der Waals surface area (Å²) in [5.74, 6) is 0. The van der Waals surface area contributed by atoms with Gasteiger partial charge in [0.2, 0.25) is 0 Å². The lowest BCUT2D eigenvalue weighted by atomic mass is 10.1. The zero-order chi connectivity index (χ0) is 13.9. The van der Waals surface area contributed by atoms with Crippen LogP contribution in [0, 0.1) is 0 Å². The van der Waals surface area contributed by atoms with Crippen LogP contribution in [-0.4, -0.2) is 36.0 Å². The summed E-state index contributed by atoms with van der Waals surface area (Å²) in [5, 5.41) is 0.774. The van der Waals surface area contributed by atoms with Gasteiger partial charge in [-0.05, 0) is 17.7 Å². The van der Waals surface area contributed by atoms with E-state index in [0.717, 1.165) is 36.1 Å². The Bertz CT molecular complexity index is 407. The molecular weight excluding hydrogens is 323 g/mol. The third-order valence-electron chi connectivity index (χ3n) is 3.08. The second-order valence-corrected chi connectivity index (χ2v) is 5.22. The average molecular weight is 338 g/mol. The fourth-order valence-corrected chi connectivity index (χ4v) is 2.47. The highest BCUT2D eigenvalue weighted by Gasteiger charge is 2.30. The van der Waals surface area contributed by atoms with Crippen LogP contribution in [0.3, 0.4) is 0 Å². The minimum atomic E-state index is -4.27. The number of hydrogen-bond acceptors (Lipinski definition) is 2. The number of rotatable bonds is 3. The molecule has 1 aromatic rings. The van der Waals surface area contributed by atoms with Crippen molar-refractivity contribution in [3.8, 4) is 0 Å². The largest absolute Gasteiger partial charge is 0.416 e. The number of halogens is 4. The predicted octanol–water partition coefficient (Wildman–Crippen LogP) is 3.30. The number of nitrogens with zero attached hydrogens (tertiary/aromatic N) is 1. The fourth-order valence-electron chi connectivity index (χ4n) is 2.07. The van der Waals surface area contributed by atoms with Crippen molar-refractivity contribution in [3.63, 3.8) is 0 Å². The third kappa shape index (κ3) is 4.19. The molecule has 1 aliphatic heterocycles. The summed E-state index contributed by atoms with van der Waals surface area (Å²) in [5.41, 5.74) is 0.291. The Balaban J connectivity index is 1.96. The lowest BCUT2D eigenvalue weighted by Gasteiger charge is -2.32. The van der Waals surface area contributed by atoms with E-state index in [1.54, 1.807) is 12.1 Å². The van der Waals surface area contributed by atoms with Crippen LogP contribution in [0.5, 0.6) is 0 Å². The maximum absolute atomic E-state index is 12.4. The summed E-state index contributed by atoms with van der Waals surface area (Å²) in [4.78, 5) is 2.19. The number of ether oxygens (including phenoxy) is 1. The van der Waals surface area contributed by atoms with Gasteiger partial charge < -0.3 is 4.74 Å². The Kier molecular flexibility index (Phi) is 4.86. The van der Waals surface area contributed by atoms with Gasteiger partial charge in [-0.2, -0.15) is 13.2 Å². The van der Waals surface area contributed by atoms with E-state index < -0.39 is 11.7 Å². The fraction of sp³-hybridized carbons (Fsp3) is 0.538. The third-order valence-corrected chi connectivity index (χ3v) is 3.80. The smallest absolute Gasteiger partial charge is 0.375 e. The maximum Gasteiger partial charge on any atom is 0.416 e. The molecule has 0 amide bonds. The van der Waals surface area contributed by atoms with Gasteiger partial charge in [0.15, 0.2) is 0 Å². The molecule has 1 aromatic carbocycles. The summed E-state index contributed by atoms with van der Waals surface area (Å²) in [6, 6.07) is 5.36. The Morgan fingerprint density at radius 2 is 1.95 bits per heavy atom. The van der Waals surface area contributed by atoms with Gasteiger partial charge in [-0.1, -0.05) is 28.1 Å². The number of hydrogen-bond donors (Lipinski definition) is 0. The first-order valence-corrected chi connectivity index (χ1v) is 7.17. The standard InChI is InChI=1S/C13H15BrF3NO/c14-7-12-9-18(5-6-19-12)8-10-1-3-11(4-2-10)13(15,16)17/h1-4,12H,5-9H2. The van der Waals surface area contributed by atoms with Crippen LogP contribution in [0.2, 0.25) is 0 Å². The maximum atomic E-state index is 12.4. The minimum Gasteiger partial charge on any atom is -0.375 e. The molecule has 0 aromatic heterocycles. The quantitative estimate of drug-likeness (QED) is 0.784. The molecule has 1 atom stereocenters. The molecule has 0 spiro atoms. The van der Waals surface area contributed by atoms with Gasteiger partial charge in [-0.15, -0.1) is 0 Å². The molecule has 0 N–H and O–H groups in total. The molecule has 106 valence electrons. The summed E-state index contributed by atoms with van der Waals surface area (Å²) in [7, 11) is 0. The van der Waals surface area contributed by atoms with Crippen LogP contribution in [-0.2, 0) is 17.5 Å². The summed E-state index contributed by atoms with van der Waals surface area (Å²) >= 11 is 3.38. The number of alkyl halides is 4. The molecule has 0 bridgehead atoms. The van der Waals surface area contributed by atoms with E-state index in [9.17, 15) is 13.2 Å². The minimum absolute atomic E-state index is 0.156. The highest BCUT2D eigenvalue weighted by Crippen LogP contribution is 2.29. The molecular formula is C13H15BrF3NO. The number of morpholine rings is 1. The monoisotopic (exact) mass is 337 g/mol. The zero-order valence-corrected chi connectivity index (χ0v) is 11.9. The first kappa shape index (κ1) is 14.8. The molecule has 6 heteroatoms. The van der Waals surface area contributed by atoms with E-state index in [4.69, 9.17) is 4.74 Å². The van der Waals surface area contributed by atoms with E-state index >= 15 is 0 Å². The van der Waals surface area contributed by atoms with Crippen LogP contribution in [0.25, 0.3) is 0 Å². The first-order chi connectivity index (χ1) is 8.99. The highest BCUT2D eigenvalue weighted by atomic mass is 79.9. The van der Waals surface area contributed by atoms with E-state index in [-0.39, 0.29) is 6.10 Å². The van der Waals surface area contributed by atoms with Gasteiger partial charge in [0.05, 0.1) is 18.3 Å². The van der Waals surface area contributed by atoms with Crippen LogP contribution < -0.4 is 0 Å². The molecule has 19 heavy (non-hydrogen) atoms. The molecule has 2 nitrogen and oxygen atoms in total. The summed E-state index contributed by atoms with van der Waals surface area (Å²) < 4.78 is 42.9. The van der Waals surface area contributed by atoms with Crippen molar-refractivity contribution in [2.24, 2.45) is 0 Å². The van der Waals surface area contributed by atoms with E-state index in [1.165, 1.54) is 0 Å². The van der Waals surface area contributed by atoms with Gasteiger partial charge in [-0.25, -0.2) is 0 Å². The second-order valence-electron chi connectivity index (χ2n) is 4.58. The molecule has 1 fully saturated rings. The topological polar surface area (TPSA) is 12.5 Å². The van der Waals surface area contributed by atoms with Gasteiger partial charge in [0.1, 0.15) is 0 Å². The highest BCUT2D eigenvalue weighted by molar-refractivity contribution is 9.09. The van der Waals surface area contributed by atoms with Crippen LogP contribution in [0.4, 0.5) is 13.2 Å². The molecule has 0 saturated carbocycles. The Morgan fingerprint density at radius 1 is 1.26 bits per heavy atom. The van der Waals surface area contributed by atoms with Gasteiger partial charge >= 0.3 is 6.18 Å². The Labute approximate surface area is 118 Å². The first-order valence-electron chi connectivity index (χ1n) is 6.05. The molecule has 2 rings (SSSR count). The van der Waals surface area contributed by atoms with E-state index in [0.29, 0.717) is 13.2 Å². The summed E-state index contributed by atoms with van der Waals surface area (Å²) in [6.07, 6.45) is -4.11. The van der Waals surface area contributed by atoms with Crippen molar-refractivity contribution >= 4 is 15.9 Å². The predicted molar refractivity (Wildman–Crippen MR) is 70.3 cm³/mol. The lowest BCUT2D eigenvalue weighted by molar-refractivity contribution is -0.137. The van der Waals surface area contributed by atoms with Gasteiger partial charge in [0.25, 0.3) is 0 Å². The normalized spacial score (nSPS) is 21.6. The summed E-state index contributed by atoms with van der Waals surface area (Å²) in [6.45, 7) is 2.93. The van der Waals surface area contributed by atoms with Crippen molar-refractivity contribution in [1.82, 2.24) is 4.90 Å². The van der Waals surface area contributed by atoms with Crippen molar-refractivity contribution in [3.05, 3.63) is 35.4 Å². The number of benzene rings is 1. The van der Waals surface area contributed by atoms with E-state index in [2.05, 4.69) is 20.8 Å².